The molecule has 1 amide bonds. The van der Waals surface area contributed by atoms with Gasteiger partial charge in [-0.3, -0.25) is 9.59 Å². The fraction of sp³-hybridized carbons (Fsp3) is 0.238. The van der Waals surface area contributed by atoms with Crippen LogP contribution in [0.5, 0.6) is 0 Å². The van der Waals surface area contributed by atoms with Gasteiger partial charge in [0, 0.05) is 16.6 Å². The minimum absolute atomic E-state index is 0.0542. The van der Waals surface area contributed by atoms with Crippen LogP contribution in [0.2, 0.25) is 10.0 Å². The van der Waals surface area contributed by atoms with Gasteiger partial charge in [-0.2, -0.15) is 0 Å². The van der Waals surface area contributed by atoms with E-state index in [9.17, 15) is 14.7 Å². The van der Waals surface area contributed by atoms with Crippen molar-refractivity contribution in [1.29, 1.82) is 0 Å². The molecule has 0 saturated carbocycles. The Kier molecular flexibility index (Phi) is 6.18. The molecule has 1 aliphatic heterocycles. The summed E-state index contributed by atoms with van der Waals surface area (Å²) in [6, 6.07) is 9.50. The summed E-state index contributed by atoms with van der Waals surface area (Å²) in [4.78, 5) is 26.9. The van der Waals surface area contributed by atoms with Crippen LogP contribution in [-0.4, -0.2) is 28.2 Å². The highest BCUT2D eigenvalue weighted by Crippen LogP contribution is 2.41. The van der Waals surface area contributed by atoms with Gasteiger partial charge in [-0.1, -0.05) is 58.2 Å². The molecule has 28 heavy (non-hydrogen) atoms. The first-order valence-corrected chi connectivity index (χ1v) is 10.3. The van der Waals surface area contributed by atoms with E-state index in [1.165, 1.54) is 4.90 Å². The van der Waals surface area contributed by atoms with Gasteiger partial charge in [0.05, 0.1) is 21.7 Å². The molecule has 146 valence electrons. The number of rotatable bonds is 4. The molecule has 1 heterocycles. The minimum Gasteiger partial charge on any atom is -0.507 e. The molecule has 1 N–H and O–H groups in total. The van der Waals surface area contributed by atoms with E-state index < -0.39 is 17.7 Å². The van der Waals surface area contributed by atoms with E-state index in [4.69, 9.17) is 23.2 Å². The van der Waals surface area contributed by atoms with Crippen molar-refractivity contribution in [3.8, 4) is 0 Å². The van der Waals surface area contributed by atoms with Gasteiger partial charge in [-0.15, -0.1) is 0 Å². The topological polar surface area (TPSA) is 57.6 Å². The number of hydrogen-bond donors (Lipinski definition) is 1. The molecular weight excluding hydrogens is 465 g/mol. The van der Waals surface area contributed by atoms with Crippen molar-refractivity contribution < 1.29 is 14.7 Å². The van der Waals surface area contributed by atoms with Gasteiger partial charge in [0.1, 0.15) is 5.76 Å². The highest BCUT2D eigenvalue weighted by molar-refractivity contribution is 9.10. The summed E-state index contributed by atoms with van der Waals surface area (Å²) in [5, 5.41) is 11.7. The number of aliphatic hydroxyl groups excluding tert-OH is 1. The standard InChI is InChI=1S/C21H18BrCl2NO3/c1-3-8-25-18(12-5-7-15(23)16(24)10-12)17(20(27)21(25)28)19(26)13-4-6-14(22)11(2)9-13/h4-7,9-10,18,26H,3,8H2,1-2H3/b19-17-. The zero-order valence-electron chi connectivity index (χ0n) is 15.3. The van der Waals surface area contributed by atoms with E-state index in [2.05, 4.69) is 15.9 Å². The maximum absolute atomic E-state index is 12.8. The van der Waals surface area contributed by atoms with Crippen LogP contribution in [0.25, 0.3) is 5.76 Å². The van der Waals surface area contributed by atoms with Gasteiger partial charge >= 0.3 is 0 Å². The van der Waals surface area contributed by atoms with Gasteiger partial charge < -0.3 is 10.0 Å². The molecule has 1 saturated heterocycles. The average molecular weight is 483 g/mol. The van der Waals surface area contributed by atoms with Gasteiger partial charge in [0.2, 0.25) is 0 Å². The monoisotopic (exact) mass is 481 g/mol. The third-order valence-electron chi connectivity index (χ3n) is 4.70. The lowest BCUT2D eigenvalue weighted by atomic mass is 9.95. The molecule has 0 spiro atoms. The fourth-order valence-corrected chi connectivity index (χ4v) is 3.88. The zero-order chi connectivity index (χ0) is 20.6. The molecule has 0 aromatic heterocycles. The van der Waals surface area contributed by atoms with E-state index >= 15 is 0 Å². The molecule has 1 aliphatic rings. The molecule has 1 unspecified atom stereocenters. The Balaban J connectivity index is 2.22. The minimum atomic E-state index is -0.723. The smallest absolute Gasteiger partial charge is 0.295 e. The molecule has 0 radical (unpaired) electrons. The number of Topliss-reactive ketones (excluding diaryl/α,β-unsaturated/α-hetero) is 1. The number of benzene rings is 2. The van der Waals surface area contributed by atoms with Crippen LogP contribution < -0.4 is 0 Å². The summed E-state index contributed by atoms with van der Waals surface area (Å²) in [6.07, 6.45) is 0.669. The van der Waals surface area contributed by atoms with E-state index in [0.717, 1.165) is 10.0 Å². The average Bonchev–Trinajstić information content (AvgIpc) is 2.91. The second kappa shape index (κ2) is 8.27. The summed E-state index contributed by atoms with van der Waals surface area (Å²) in [7, 11) is 0. The van der Waals surface area contributed by atoms with Gasteiger partial charge in [0.25, 0.3) is 11.7 Å². The Morgan fingerprint density at radius 2 is 1.86 bits per heavy atom. The van der Waals surface area contributed by atoms with E-state index in [0.29, 0.717) is 34.1 Å². The number of amides is 1. The second-order valence-electron chi connectivity index (χ2n) is 6.63. The summed E-state index contributed by atoms with van der Waals surface area (Å²) in [5.74, 6) is -1.54. The largest absolute Gasteiger partial charge is 0.507 e. The highest BCUT2D eigenvalue weighted by Gasteiger charge is 2.45. The van der Waals surface area contributed by atoms with E-state index in [-0.39, 0.29) is 11.3 Å². The van der Waals surface area contributed by atoms with Crippen LogP contribution in [0.3, 0.4) is 0 Å². The number of carbonyl (C=O) groups excluding carboxylic acids is 2. The molecule has 1 atom stereocenters. The van der Waals surface area contributed by atoms with Crippen LogP contribution in [0, 0.1) is 6.92 Å². The van der Waals surface area contributed by atoms with Crippen molar-refractivity contribution in [3.05, 3.63) is 73.2 Å². The first-order chi connectivity index (χ1) is 13.3. The van der Waals surface area contributed by atoms with Crippen LogP contribution >= 0.6 is 39.1 Å². The second-order valence-corrected chi connectivity index (χ2v) is 8.30. The normalized spacial score (nSPS) is 18.8. The van der Waals surface area contributed by atoms with Crippen molar-refractivity contribution in [2.75, 3.05) is 6.54 Å². The number of nitrogens with zero attached hydrogens (tertiary/aromatic N) is 1. The van der Waals surface area contributed by atoms with Crippen LogP contribution in [0.1, 0.15) is 36.1 Å². The lowest BCUT2D eigenvalue weighted by Crippen LogP contribution is -2.30. The van der Waals surface area contributed by atoms with Gasteiger partial charge in [-0.05, 0) is 48.7 Å². The van der Waals surface area contributed by atoms with Gasteiger partial charge in [-0.25, -0.2) is 0 Å². The third-order valence-corrected chi connectivity index (χ3v) is 6.32. The lowest BCUT2D eigenvalue weighted by molar-refractivity contribution is -0.139. The maximum atomic E-state index is 12.8. The summed E-state index contributed by atoms with van der Waals surface area (Å²) in [5.41, 5.74) is 2.05. The molecular formula is C21H18BrCl2NO3. The quantitative estimate of drug-likeness (QED) is 0.335. The predicted molar refractivity (Wildman–Crippen MR) is 115 cm³/mol. The number of ketones is 1. The summed E-state index contributed by atoms with van der Waals surface area (Å²) < 4.78 is 0.886. The fourth-order valence-electron chi connectivity index (χ4n) is 3.33. The molecule has 7 heteroatoms. The summed E-state index contributed by atoms with van der Waals surface area (Å²) in [6.45, 7) is 4.18. The van der Waals surface area contributed by atoms with Crippen LogP contribution in [0.4, 0.5) is 0 Å². The molecule has 0 aliphatic carbocycles. The molecule has 3 rings (SSSR count). The molecule has 0 bridgehead atoms. The van der Waals surface area contributed by atoms with Gasteiger partial charge in [0.15, 0.2) is 0 Å². The number of halogens is 3. The highest BCUT2D eigenvalue weighted by atomic mass is 79.9. The number of likely N-dealkylation sites (tertiary alicyclic amines) is 1. The molecule has 1 fully saturated rings. The zero-order valence-corrected chi connectivity index (χ0v) is 18.4. The Bertz CT molecular complexity index is 1000. The van der Waals surface area contributed by atoms with E-state index in [1.807, 2.05) is 13.8 Å². The number of aryl methyl sites for hydroxylation is 1. The first kappa shape index (κ1) is 20.9. The first-order valence-electron chi connectivity index (χ1n) is 8.76. The number of carbonyl (C=O) groups is 2. The maximum Gasteiger partial charge on any atom is 0.295 e. The summed E-state index contributed by atoms with van der Waals surface area (Å²) >= 11 is 15.6. The van der Waals surface area contributed by atoms with E-state index in [1.54, 1.807) is 36.4 Å². The van der Waals surface area contributed by atoms with Crippen molar-refractivity contribution in [2.45, 2.75) is 26.3 Å². The predicted octanol–water partition coefficient (Wildman–Crippen LogP) is 5.90. The third kappa shape index (κ3) is 3.71. The Labute approximate surface area is 181 Å². The Morgan fingerprint density at radius 3 is 2.46 bits per heavy atom. The SMILES string of the molecule is CCCN1C(=O)C(=O)/C(=C(\O)c2ccc(Br)c(C)c2)C1c1ccc(Cl)c(Cl)c1. The number of aliphatic hydroxyl groups is 1. The van der Waals surface area contributed by atoms with Crippen LogP contribution in [0.15, 0.2) is 46.4 Å². The van der Waals surface area contributed by atoms with Crippen molar-refractivity contribution in [3.63, 3.8) is 0 Å². The van der Waals surface area contributed by atoms with Crippen molar-refractivity contribution >= 4 is 56.6 Å². The Morgan fingerprint density at radius 1 is 1.14 bits per heavy atom. The van der Waals surface area contributed by atoms with Crippen molar-refractivity contribution in [2.24, 2.45) is 0 Å². The Hall–Kier alpha value is -1.82. The van der Waals surface area contributed by atoms with Crippen LogP contribution in [-0.2, 0) is 9.59 Å². The molecule has 4 nitrogen and oxygen atoms in total. The lowest BCUT2D eigenvalue weighted by Gasteiger charge is -2.25. The molecule has 2 aromatic rings. The van der Waals surface area contributed by atoms with Crippen molar-refractivity contribution in [1.82, 2.24) is 4.90 Å². The molecule has 2 aromatic carbocycles. The number of hydrogen-bond acceptors (Lipinski definition) is 3.